The summed E-state index contributed by atoms with van der Waals surface area (Å²) in [6, 6.07) is 7.35. The topological polar surface area (TPSA) is 49.4 Å². The van der Waals surface area contributed by atoms with Crippen LogP contribution in [-0.2, 0) is 4.79 Å². The molecule has 0 saturated carbocycles. The fourth-order valence-electron chi connectivity index (χ4n) is 2.70. The second-order valence-corrected chi connectivity index (χ2v) is 5.56. The minimum atomic E-state index is -0.256. The minimum absolute atomic E-state index is 0.0348. The van der Waals surface area contributed by atoms with Gasteiger partial charge in [0.2, 0.25) is 5.91 Å². The lowest BCUT2D eigenvalue weighted by molar-refractivity contribution is -0.122. The van der Waals surface area contributed by atoms with Crippen LogP contribution in [-0.4, -0.2) is 30.8 Å². The van der Waals surface area contributed by atoms with Gasteiger partial charge < -0.3 is 10.2 Å². The van der Waals surface area contributed by atoms with E-state index in [1.807, 2.05) is 31.2 Å². The van der Waals surface area contributed by atoms with Crippen LogP contribution in [0, 0.1) is 0 Å². The summed E-state index contributed by atoms with van der Waals surface area (Å²) in [5.74, 6) is 0.208. The van der Waals surface area contributed by atoms with Crippen molar-refractivity contribution in [1.29, 1.82) is 0 Å². The SMILES string of the molecule is CCCCNC(=O)C(C)N1CCCC(=O)c2ccccc21. The number of hydrogen-bond acceptors (Lipinski definition) is 3. The Morgan fingerprint density at radius 2 is 2.14 bits per heavy atom. The number of hydrogen-bond donors (Lipinski definition) is 1. The van der Waals surface area contributed by atoms with E-state index in [-0.39, 0.29) is 17.7 Å². The van der Waals surface area contributed by atoms with Crippen molar-refractivity contribution >= 4 is 17.4 Å². The van der Waals surface area contributed by atoms with Crippen molar-refractivity contribution < 1.29 is 9.59 Å². The van der Waals surface area contributed by atoms with Gasteiger partial charge in [0.05, 0.1) is 0 Å². The van der Waals surface area contributed by atoms with Crippen LogP contribution in [0.3, 0.4) is 0 Å². The predicted molar refractivity (Wildman–Crippen MR) is 84.7 cm³/mol. The third kappa shape index (κ3) is 3.63. The molecule has 1 aromatic carbocycles. The third-order valence-corrected chi connectivity index (χ3v) is 3.99. The zero-order chi connectivity index (χ0) is 15.2. The molecule has 1 N–H and O–H groups in total. The summed E-state index contributed by atoms with van der Waals surface area (Å²) >= 11 is 0. The number of anilines is 1. The summed E-state index contributed by atoms with van der Waals surface area (Å²) in [6.07, 6.45) is 3.40. The lowest BCUT2D eigenvalue weighted by Crippen LogP contribution is -2.46. The fourth-order valence-corrected chi connectivity index (χ4v) is 2.70. The van der Waals surface area contributed by atoms with Crippen LogP contribution < -0.4 is 10.2 Å². The molecule has 0 fully saturated rings. The molecule has 0 aliphatic carbocycles. The monoisotopic (exact) mass is 288 g/mol. The third-order valence-electron chi connectivity index (χ3n) is 3.99. The van der Waals surface area contributed by atoms with Crippen LogP contribution in [0.15, 0.2) is 24.3 Å². The van der Waals surface area contributed by atoms with Crippen molar-refractivity contribution in [3.05, 3.63) is 29.8 Å². The van der Waals surface area contributed by atoms with E-state index in [9.17, 15) is 9.59 Å². The molecule has 0 spiro atoms. The number of para-hydroxylation sites is 1. The van der Waals surface area contributed by atoms with Crippen LogP contribution in [0.1, 0.15) is 49.9 Å². The van der Waals surface area contributed by atoms with Crippen LogP contribution in [0.5, 0.6) is 0 Å². The summed E-state index contributed by atoms with van der Waals surface area (Å²) in [5, 5.41) is 2.98. The Morgan fingerprint density at radius 1 is 1.38 bits per heavy atom. The van der Waals surface area contributed by atoms with Crippen LogP contribution in [0.25, 0.3) is 0 Å². The Hall–Kier alpha value is -1.84. The van der Waals surface area contributed by atoms with Crippen LogP contribution in [0.2, 0.25) is 0 Å². The molecule has 114 valence electrons. The molecule has 4 heteroatoms. The molecule has 0 radical (unpaired) electrons. The molecule has 1 atom stereocenters. The van der Waals surface area contributed by atoms with Crippen molar-refractivity contribution in [2.45, 2.75) is 45.6 Å². The second kappa shape index (κ2) is 7.25. The zero-order valence-corrected chi connectivity index (χ0v) is 12.9. The number of ketones is 1. The molecule has 0 saturated heterocycles. The number of carbonyl (C=O) groups excluding carboxylic acids is 2. The van der Waals surface area contributed by atoms with Crippen molar-refractivity contribution in [2.75, 3.05) is 18.0 Å². The molecule has 4 nitrogen and oxygen atoms in total. The average molecular weight is 288 g/mol. The molecule has 1 amide bonds. The highest BCUT2D eigenvalue weighted by Crippen LogP contribution is 2.27. The number of fused-ring (bicyclic) bond motifs is 1. The van der Waals surface area contributed by atoms with Gasteiger partial charge in [-0.05, 0) is 31.9 Å². The number of Topliss-reactive ketones (excluding diaryl/α,β-unsaturated/α-hetero) is 1. The number of amides is 1. The van der Waals surface area contributed by atoms with Gasteiger partial charge in [0.25, 0.3) is 0 Å². The van der Waals surface area contributed by atoms with E-state index in [1.54, 1.807) is 0 Å². The average Bonchev–Trinajstić information content (AvgIpc) is 2.66. The van der Waals surface area contributed by atoms with Gasteiger partial charge in [-0.2, -0.15) is 0 Å². The molecule has 1 aliphatic rings. The standard InChI is InChI=1S/C17H24N2O2/c1-3-4-11-18-17(21)13(2)19-12-7-10-16(20)14-8-5-6-9-15(14)19/h5-6,8-9,13H,3-4,7,10-12H2,1-2H3,(H,18,21). The van der Waals surface area contributed by atoms with Gasteiger partial charge in [-0.25, -0.2) is 0 Å². The number of carbonyl (C=O) groups is 2. The smallest absolute Gasteiger partial charge is 0.242 e. The molecular weight excluding hydrogens is 264 g/mol. The molecular formula is C17H24N2O2. The second-order valence-electron chi connectivity index (χ2n) is 5.56. The quantitative estimate of drug-likeness (QED) is 0.848. The number of rotatable bonds is 5. The molecule has 1 aromatic rings. The minimum Gasteiger partial charge on any atom is -0.359 e. The lowest BCUT2D eigenvalue weighted by atomic mass is 10.1. The summed E-state index contributed by atoms with van der Waals surface area (Å²) in [4.78, 5) is 26.5. The van der Waals surface area contributed by atoms with E-state index in [0.29, 0.717) is 13.0 Å². The highest BCUT2D eigenvalue weighted by molar-refractivity contribution is 6.02. The van der Waals surface area contributed by atoms with E-state index in [1.165, 1.54) is 0 Å². The lowest BCUT2D eigenvalue weighted by Gasteiger charge is -2.30. The Balaban J connectivity index is 2.16. The molecule has 2 rings (SSSR count). The van der Waals surface area contributed by atoms with Gasteiger partial charge in [0, 0.05) is 30.8 Å². The van der Waals surface area contributed by atoms with E-state index in [2.05, 4.69) is 17.1 Å². The first kappa shape index (κ1) is 15.5. The highest BCUT2D eigenvalue weighted by Gasteiger charge is 2.27. The molecule has 0 bridgehead atoms. The number of benzene rings is 1. The number of nitrogens with one attached hydrogen (secondary N) is 1. The van der Waals surface area contributed by atoms with Gasteiger partial charge in [-0.15, -0.1) is 0 Å². The molecule has 21 heavy (non-hydrogen) atoms. The van der Waals surface area contributed by atoms with Gasteiger partial charge >= 0.3 is 0 Å². The van der Waals surface area contributed by atoms with Crippen molar-refractivity contribution in [3.8, 4) is 0 Å². The maximum Gasteiger partial charge on any atom is 0.242 e. The maximum atomic E-state index is 12.3. The number of nitrogens with zero attached hydrogens (tertiary/aromatic N) is 1. The largest absolute Gasteiger partial charge is 0.359 e. The van der Waals surface area contributed by atoms with Crippen LogP contribution >= 0.6 is 0 Å². The first-order valence-corrected chi connectivity index (χ1v) is 7.81. The summed E-state index contributed by atoms with van der Waals surface area (Å²) in [7, 11) is 0. The van der Waals surface area contributed by atoms with Crippen LogP contribution in [0.4, 0.5) is 5.69 Å². The van der Waals surface area contributed by atoms with Crippen molar-refractivity contribution in [3.63, 3.8) is 0 Å². The fraction of sp³-hybridized carbons (Fsp3) is 0.529. The first-order valence-electron chi connectivity index (χ1n) is 7.81. The molecule has 1 unspecified atom stereocenters. The highest BCUT2D eigenvalue weighted by atomic mass is 16.2. The molecule has 0 aromatic heterocycles. The molecule has 1 aliphatic heterocycles. The Kier molecular flexibility index (Phi) is 5.37. The van der Waals surface area contributed by atoms with E-state index >= 15 is 0 Å². The van der Waals surface area contributed by atoms with Gasteiger partial charge in [-0.1, -0.05) is 25.5 Å². The zero-order valence-electron chi connectivity index (χ0n) is 12.9. The van der Waals surface area contributed by atoms with Gasteiger partial charge in [-0.3, -0.25) is 9.59 Å². The predicted octanol–water partition coefficient (Wildman–Crippen LogP) is 2.77. The summed E-state index contributed by atoms with van der Waals surface area (Å²) in [5.41, 5.74) is 1.63. The van der Waals surface area contributed by atoms with Crippen molar-refractivity contribution in [1.82, 2.24) is 5.32 Å². The van der Waals surface area contributed by atoms with E-state index in [0.717, 1.165) is 37.1 Å². The van der Waals surface area contributed by atoms with E-state index in [4.69, 9.17) is 0 Å². The maximum absolute atomic E-state index is 12.3. The summed E-state index contributed by atoms with van der Waals surface area (Å²) in [6.45, 7) is 5.47. The first-order chi connectivity index (χ1) is 10.1. The van der Waals surface area contributed by atoms with Crippen molar-refractivity contribution in [2.24, 2.45) is 0 Å². The summed E-state index contributed by atoms with van der Waals surface area (Å²) < 4.78 is 0. The molecule has 1 heterocycles. The Morgan fingerprint density at radius 3 is 2.90 bits per heavy atom. The number of unbranched alkanes of at least 4 members (excludes halogenated alkanes) is 1. The van der Waals surface area contributed by atoms with Gasteiger partial charge in [0.1, 0.15) is 6.04 Å². The van der Waals surface area contributed by atoms with Gasteiger partial charge in [0.15, 0.2) is 5.78 Å². The normalized spacial score (nSPS) is 16.1. The Labute approximate surface area is 126 Å². The Bertz CT molecular complexity index is 513. The van der Waals surface area contributed by atoms with E-state index < -0.39 is 0 Å².